The molecular formula is C19H22O2. The van der Waals surface area contributed by atoms with E-state index in [9.17, 15) is 4.79 Å². The minimum Gasteiger partial charge on any atom is -0.497 e. The summed E-state index contributed by atoms with van der Waals surface area (Å²) < 4.78 is 5.36. The third-order valence-corrected chi connectivity index (χ3v) is 5.68. The number of ether oxygens (including phenoxy) is 1. The van der Waals surface area contributed by atoms with E-state index in [1.807, 2.05) is 0 Å². The van der Waals surface area contributed by atoms with Gasteiger partial charge in [-0.1, -0.05) is 11.6 Å². The Morgan fingerprint density at radius 2 is 1.95 bits per heavy atom. The zero-order valence-electron chi connectivity index (χ0n) is 12.7. The molecule has 110 valence electrons. The van der Waals surface area contributed by atoms with E-state index in [2.05, 4.69) is 18.2 Å². The molecule has 1 aromatic rings. The lowest BCUT2D eigenvalue weighted by Crippen LogP contribution is -2.34. The first-order chi connectivity index (χ1) is 10.3. The standard InChI is InChI=1S/C19H22O2/c1-21-13-6-8-14-12(11-13)5-7-17-15-3-2-4-19(20)18(15)10-9-16(14)17/h6,8,11,15,18H,2-5,7,9-10H2,1H3/t15-,18-/m1/s1. The third-order valence-electron chi connectivity index (χ3n) is 5.68. The van der Waals surface area contributed by atoms with Crippen LogP contribution < -0.4 is 4.74 Å². The van der Waals surface area contributed by atoms with Crippen LogP contribution in [0.25, 0.3) is 5.57 Å². The summed E-state index contributed by atoms with van der Waals surface area (Å²) in [7, 11) is 1.73. The van der Waals surface area contributed by atoms with Crippen molar-refractivity contribution in [2.75, 3.05) is 7.11 Å². The van der Waals surface area contributed by atoms with Gasteiger partial charge in [-0.3, -0.25) is 4.79 Å². The summed E-state index contributed by atoms with van der Waals surface area (Å²) in [5.41, 5.74) is 6.01. The molecule has 0 N–H and O–H groups in total. The van der Waals surface area contributed by atoms with Gasteiger partial charge in [-0.05, 0) is 73.3 Å². The predicted octanol–water partition coefficient (Wildman–Crippen LogP) is 4.17. The van der Waals surface area contributed by atoms with Crippen LogP contribution in [-0.4, -0.2) is 12.9 Å². The minimum atomic E-state index is 0.331. The molecule has 0 saturated heterocycles. The Kier molecular flexibility index (Phi) is 3.13. The first kappa shape index (κ1) is 13.1. The van der Waals surface area contributed by atoms with Crippen LogP contribution in [0.3, 0.4) is 0 Å². The highest BCUT2D eigenvalue weighted by molar-refractivity contribution is 5.85. The van der Waals surface area contributed by atoms with Gasteiger partial charge in [-0.15, -0.1) is 0 Å². The van der Waals surface area contributed by atoms with Crippen LogP contribution in [0.5, 0.6) is 5.75 Å². The maximum atomic E-state index is 12.2. The van der Waals surface area contributed by atoms with E-state index < -0.39 is 0 Å². The molecule has 0 unspecified atom stereocenters. The van der Waals surface area contributed by atoms with Gasteiger partial charge in [0.1, 0.15) is 11.5 Å². The van der Waals surface area contributed by atoms with E-state index in [1.54, 1.807) is 18.3 Å². The average molecular weight is 282 g/mol. The molecule has 0 spiro atoms. The van der Waals surface area contributed by atoms with Gasteiger partial charge < -0.3 is 4.74 Å². The van der Waals surface area contributed by atoms with E-state index >= 15 is 0 Å². The Balaban J connectivity index is 1.76. The summed E-state index contributed by atoms with van der Waals surface area (Å²) in [4.78, 5) is 12.2. The minimum absolute atomic E-state index is 0.331. The normalized spacial score (nSPS) is 27.8. The lowest BCUT2D eigenvalue weighted by molar-refractivity contribution is -0.126. The smallest absolute Gasteiger partial charge is 0.136 e. The third kappa shape index (κ3) is 2.04. The van der Waals surface area contributed by atoms with E-state index in [0.717, 1.165) is 44.3 Å². The Labute approximate surface area is 126 Å². The Hall–Kier alpha value is -1.57. The number of aryl methyl sites for hydroxylation is 1. The maximum Gasteiger partial charge on any atom is 0.136 e. The summed E-state index contributed by atoms with van der Waals surface area (Å²) >= 11 is 0. The van der Waals surface area contributed by atoms with Crippen molar-refractivity contribution in [2.45, 2.75) is 44.9 Å². The Morgan fingerprint density at radius 1 is 1.05 bits per heavy atom. The molecule has 2 nitrogen and oxygen atoms in total. The van der Waals surface area contributed by atoms with Crippen molar-refractivity contribution in [3.8, 4) is 5.75 Å². The fourth-order valence-corrected chi connectivity index (χ4v) is 4.68. The second kappa shape index (κ2) is 5.01. The fourth-order valence-electron chi connectivity index (χ4n) is 4.68. The summed E-state index contributed by atoms with van der Waals surface area (Å²) in [5.74, 6) is 2.36. The molecule has 3 aliphatic rings. The molecule has 4 rings (SSSR count). The highest BCUT2D eigenvalue weighted by atomic mass is 16.5. The number of fused-ring (bicyclic) bond motifs is 4. The zero-order valence-corrected chi connectivity index (χ0v) is 12.7. The molecule has 0 bridgehead atoms. The number of rotatable bonds is 1. The van der Waals surface area contributed by atoms with Crippen LogP contribution in [0, 0.1) is 11.8 Å². The Morgan fingerprint density at radius 3 is 2.81 bits per heavy atom. The molecule has 0 amide bonds. The molecule has 21 heavy (non-hydrogen) atoms. The second-order valence-corrected chi connectivity index (χ2v) is 6.64. The fraction of sp³-hybridized carbons (Fsp3) is 0.526. The Bertz CT molecular complexity index is 626. The number of benzene rings is 1. The second-order valence-electron chi connectivity index (χ2n) is 6.64. The van der Waals surface area contributed by atoms with Gasteiger partial charge in [0.15, 0.2) is 0 Å². The topological polar surface area (TPSA) is 26.3 Å². The SMILES string of the molecule is COc1ccc2c(c1)CCC1=C2CC[C@H]2C(=O)CCC[C@H]12. The maximum absolute atomic E-state index is 12.2. The van der Waals surface area contributed by atoms with Crippen LogP contribution in [0.2, 0.25) is 0 Å². The summed E-state index contributed by atoms with van der Waals surface area (Å²) in [6.45, 7) is 0. The van der Waals surface area contributed by atoms with Gasteiger partial charge in [0.25, 0.3) is 0 Å². The van der Waals surface area contributed by atoms with Gasteiger partial charge in [0, 0.05) is 12.3 Å². The number of Topliss-reactive ketones (excluding diaryl/α,β-unsaturated/α-hetero) is 1. The van der Waals surface area contributed by atoms with Crippen LogP contribution in [-0.2, 0) is 11.2 Å². The van der Waals surface area contributed by atoms with Gasteiger partial charge in [-0.2, -0.15) is 0 Å². The van der Waals surface area contributed by atoms with E-state index in [1.165, 1.54) is 17.5 Å². The number of hydrogen-bond acceptors (Lipinski definition) is 2. The molecule has 0 radical (unpaired) electrons. The largest absolute Gasteiger partial charge is 0.497 e. The quantitative estimate of drug-likeness (QED) is 0.772. The van der Waals surface area contributed by atoms with Gasteiger partial charge >= 0.3 is 0 Å². The van der Waals surface area contributed by atoms with Crippen LogP contribution in [0.4, 0.5) is 0 Å². The molecule has 3 aliphatic carbocycles. The molecular weight excluding hydrogens is 260 g/mol. The molecule has 0 aromatic heterocycles. The lowest BCUT2D eigenvalue weighted by Gasteiger charge is -2.40. The summed E-state index contributed by atoms with van der Waals surface area (Å²) in [5, 5.41) is 0. The van der Waals surface area contributed by atoms with Crippen molar-refractivity contribution in [3.05, 3.63) is 34.9 Å². The van der Waals surface area contributed by atoms with Crippen molar-refractivity contribution in [2.24, 2.45) is 11.8 Å². The molecule has 0 aliphatic heterocycles. The first-order valence-corrected chi connectivity index (χ1v) is 8.20. The molecule has 0 heterocycles. The molecule has 1 aromatic carbocycles. The summed E-state index contributed by atoms with van der Waals surface area (Å²) in [6.07, 6.45) is 7.52. The highest BCUT2D eigenvalue weighted by Crippen LogP contribution is 2.49. The monoisotopic (exact) mass is 282 g/mol. The van der Waals surface area contributed by atoms with Gasteiger partial charge in [0.2, 0.25) is 0 Å². The lowest BCUT2D eigenvalue weighted by atomic mass is 9.63. The molecule has 1 fully saturated rings. The van der Waals surface area contributed by atoms with Crippen molar-refractivity contribution in [1.82, 2.24) is 0 Å². The van der Waals surface area contributed by atoms with Crippen LogP contribution >= 0.6 is 0 Å². The number of methoxy groups -OCH3 is 1. The van der Waals surface area contributed by atoms with Crippen LogP contribution in [0.15, 0.2) is 23.8 Å². The number of ketones is 1. The molecule has 2 atom stereocenters. The molecule has 1 saturated carbocycles. The first-order valence-electron chi connectivity index (χ1n) is 8.20. The number of allylic oxidation sites excluding steroid dienone is 2. The van der Waals surface area contributed by atoms with Crippen molar-refractivity contribution >= 4 is 11.4 Å². The van der Waals surface area contributed by atoms with Crippen molar-refractivity contribution in [1.29, 1.82) is 0 Å². The highest BCUT2D eigenvalue weighted by Gasteiger charge is 2.39. The molecule has 2 heteroatoms. The number of carbonyl (C=O) groups is 1. The van der Waals surface area contributed by atoms with E-state index in [4.69, 9.17) is 4.74 Å². The van der Waals surface area contributed by atoms with Crippen LogP contribution in [0.1, 0.15) is 49.7 Å². The van der Waals surface area contributed by atoms with E-state index in [-0.39, 0.29) is 0 Å². The predicted molar refractivity (Wildman–Crippen MR) is 83.3 cm³/mol. The zero-order chi connectivity index (χ0) is 14.4. The average Bonchev–Trinajstić information content (AvgIpc) is 2.54. The van der Waals surface area contributed by atoms with Gasteiger partial charge in [0.05, 0.1) is 7.11 Å². The van der Waals surface area contributed by atoms with Crippen molar-refractivity contribution < 1.29 is 9.53 Å². The van der Waals surface area contributed by atoms with E-state index in [0.29, 0.717) is 17.6 Å². The summed E-state index contributed by atoms with van der Waals surface area (Å²) in [6, 6.07) is 6.50. The van der Waals surface area contributed by atoms with Gasteiger partial charge in [-0.25, -0.2) is 0 Å². The number of hydrogen-bond donors (Lipinski definition) is 0. The van der Waals surface area contributed by atoms with Crippen molar-refractivity contribution in [3.63, 3.8) is 0 Å². The number of carbonyl (C=O) groups excluding carboxylic acids is 1.